The van der Waals surface area contributed by atoms with E-state index >= 15 is 0 Å². The summed E-state index contributed by atoms with van der Waals surface area (Å²) in [5.41, 5.74) is 1.51. The Labute approximate surface area is 87.4 Å². The highest BCUT2D eigenvalue weighted by molar-refractivity contribution is 5.70. The van der Waals surface area contributed by atoms with Crippen molar-refractivity contribution in [1.29, 1.82) is 0 Å². The summed E-state index contributed by atoms with van der Waals surface area (Å²) in [6, 6.07) is 0. The highest BCUT2D eigenvalue weighted by Gasteiger charge is 2.12. The molecule has 1 rings (SSSR count). The zero-order chi connectivity index (χ0) is 11.6. The van der Waals surface area contributed by atoms with E-state index in [-0.39, 0.29) is 12.1 Å². The Balaban J connectivity index is 3.38. The van der Waals surface area contributed by atoms with Crippen molar-refractivity contribution in [2.45, 2.75) is 33.7 Å². The summed E-state index contributed by atoms with van der Waals surface area (Å²) in [6.07, 6.45) is -0.0923. The standard InChI is InChI=1S/C10H14N2O3/c1-4-12-7(3)8(5-9(13)14)6(2)11-10(12)15/h4-5H2,1-3H3,(H,13,14). The minimum Gasteiger partial charge on any atom is -0.481 e. The fourth-order valence-corrected chi connectivity index (χ4v) is 1.62. The molecule has 0 unspecified atom stereocenters. The van der Waals surface area contributed by atoms with E-state index in [2.05, 4.69) is 4.98 Å². The van der Waals surface area contributed by atoms with Gasteiger partial charge in [0.25, 0.3) is 0 Å². The summed E-state index contributed by atoms with van der Waals surface area (Å²) in [5, 5.41) is 8.73. The number of carboxylic acids is 1. The van der Waals surface area contributed by atoms with Gasteiger partial charge in [0.1, 0.15) is 0 Å². The molecule has 1 aromatic heterocycles. The van der Waals surface area contributed by atoms with E-state index in [0.717, 1.165) is 0 Å². The maximum absolute atomic E-state index is 11.4. The summed E-state index contributed by atoms with van der Waals surface area (Å²) in [7, 11) is 0. The molecule has 0 saturated heterocycles. The molecule has 0 aliphatic heterocycles. The maximum atomic E-state index is 11.4. The first-order chi connectivity index (χ1) is 6.97. The van der Waals surface area contributed by atoms with E-state index in [9.17, 15) is 9.59 Å². The van der Waals surface area contributed by atoms with Crippen molar-refractivity contribution < 1.29 is 9.90 Å². The van der Waals surface area contributed by atoms with Crippen LogP contribution in [0.3, 0.4) is 0 Å². The molecule has 0 aromatic carbocycles. The van der Waals surface area contributed by atoms with E-state index in [1.54, 1.807) is 13.8 Å². The summed E-state index contributed by atoms with van der Waals surface area (Å²) in [5.74, 6) is -0.913. The predicted octanol–water partition coefficient (Wildman–Crippen LogP) is 0.507. The normalized spacial score (nSPS) is 10.3. The van der Waals surface area contributed by atoms with E-state index in [1.165, 1.54) is 4.57 Å². The lowest BCUT2D eigenvalue weighted by Gasteiger charge is -2.12. The van der Waals surface area contributed by atoms with Gasteiger partial charge in [0.2, 0.25) is 0 Å². The molecule has 82 valence electrons. The topological polar surface area (TPSA) is 72.2 Å². The molecule has 1 N–H and O–H groups in total. The van der Waals surface area contributed by atoms with E-state index in [1.807, 2.05) is 6.92 Å². The molecule has 15 heavy (non-hydrogen) atoms. The Bertz CT molecular complexity index is 449. The molecule has 0 saturated carbocycles. The molecule has 0 fully saturated rings. The van der Waals surface area contributed by atoms with Crippen molar-refractivity contribution in [3.63, 3.8) is 0 Å². The molecule has 1 heterocycles. The van der Waals surface area contributed by atoms with E-state index in [0.29, 0.717) is 23.5 Å². The smallest absolute Gasteiger partial charge is 0.347 e. The van der Waals surface area contributed by atoms with Crippen LogP contribution >= 0.6 is 0 Å². The van der Waals surface area contributed by atoms with Crippen molar-refractivity contribution in [2.75, 3.05) is 0 Å². The van der Waals surface area contributed by atoms with Gasteiger partial charge in [0.15, 0.2) is 0 Å². The third-order valence-electron chi connectivity index (χ3n) is 2.42. The van der Waals surface area contributed by atoms with Crippen molar-refractivity contribution in [3.05, 3.63) is 27.4 Å². The summed E-state index contributed by atoms with van der Waals surface area (Å²) >= 11 is 0. The van der Waals surface area contributed by atoms with Gasteiger partial charge < -0.3 is 5.11 Å². The molecule has 5 heteroatoms. The van der Waals surface area contributed by atoms with Crippen LogP contribution in [0.4, 0.5) is 0 Å². The molecule has 0 amide bonds. The number of carboxylic acid groups (broad SMARTS) is 1. The number of hydrogen-bond donors (Lipinski definition) is 1. The minimum atomic E-state index is -0.913. The van der Waals surface area contributed by atoms with Gasteiger partial charge in [-0.15, -0.1) is 0 Å². The fraction of sp³-hybridized carbons (Fsp3) is 0.500. The Hall–Kier alpha value is -1.65. The van der Waals surface area contributed by atoms with Gasteiger partial charge in [0.05, 0.1) is 6.42 Å². The largest absolute Gasteiger partial charge is 0.481 e. The Kier molecular flexibility index (Phi) is 3.24. The highest BCUT2D eigenvalue weighted by Crippen LogP contribution is 2.09. The number of carbonyl (C=O) groups is 1. The first kappa shape index (κ1) is 11.4. The van der Waals surface area contributed by atoms with Crippen LogP contribution in [0.2, 0.25) is 0 Å². The van der Waals surface area contributed by atoms with Crippen LogP contribution in [0.15, 0.2) is 4.79 Å². The maximum Gasteiger partial charge on any atom is 0.347 e. The molecule has 0 spiro atoms. The van der Waals surface area contributed by atoms with Crippen molar-refractivity contribution in [3.8, 4) is 0 Å². The number of aliphatic carboxylic acids is 1. The molecular weight excluding hydrogens is 196 g/mol. The summed E-state index contributed by atoms with van der Waals surface area (Å²) < 4.78 is 1.48. The molecule has 0 atom stereocenters. The average molecular weight is 210 g/mol. The SMILES string of the molecule is CCn1c(C)c(CC(=O)O)c(C)nc1=O. The van der Waals surface area contributed by atoms with Crippen LogP contribution in [0.5, 0.6) is 0 Å². The van der Waals surface area contributed by atoms with Crippen molar-refractivity contribution in [2.24, 2.45) is 0 Å². The number of aryl methyl sites for hydroxylation is 1. The first-order valence-corrected chi connectivity index (χ1v) is 4.76. The molecule has 0 aliphatic carbocycles. The molecule has 1 aromatic rings. The lowest BCUT2D eigenvalue weighted by molar-refractivity contribution is -0.136. The Morgan fingerprint density at radius 2 is 2.07 bits per heavy atom. The van der Waals surface area contributed by atoms with E-state index < -0.39 is 5.97 Å². The van der Waals surface area contributed by atoms with Gasteiger partial charge in [0, 0.05) is 23.5 Å². The van der Waals surface area contributed by atoms with Gasteiger partial charge >= 0.3 is 11.7 Å². The molecular formula is C10H14N2O3. The molecule has 0 radical (unpaired) electrons. The quantitative estimate of drug-likeness (QED) is 0.788. The Morgan fingerprint density at radius 3 is 2.53 bits per heavy atom. The fourth-order valence-electron chi connectivity index (χ4n) is 1.62. The second-order valence-corrected chi connectivity index (χ2v) is 3.36. The monoisotopic (exact) mass is 210 g/mol. The summed E-state index contributed by atoms with van der Waals surface area (Å²) in [6.45, 7) is 5.74. The number of nitrogens with zero attached hydrogens (tertiary/aromatic N) is 2. The third kappa shape index (κ3) is 2.23. The van der Waals surface area contributed by atoms with Gasteiger partial charge in [-0.05, 0) is 20.8 Å². The lowest BCUT2D eigenvalue weighted by atomic mass is 10.1. The van der Waals surface area contributed by atoms with Gasteiger partial charge in [-0.3, -0.25) is 9.36 Å². The second kappa shape index (κ2) is 4.25. The van der Waals surface area contributed by atoms with Gasteiger partial charge in [-0.1, -0.05) is 0 Å². The number of hydrogen-bond acceptors (Lipinski definition) is 3. The second-order valence-electron chi connectivity index (χ2n) is 3.36. The first-order valence-electron chi connectivity index (χ1n) is 4.76. The highest BCUT2D eigenvalue weighted by atomic mass is 16.4. The molecule has 0 bridgehead atoms. The Morgan fingerprint density at radius 1 is 1.47 bits per heavy atom. The van der Waals surface area contributed by atoms with E-state index in [4.69, 9.17) is 5.11 Å². The van der Waals surface area contributed by atoms with Crippen molar-refractivity contribution >= 4 is 5.97 Å². The lowest BCUT2D eigenvalue weighted by Crippen LogP contribution is -2.27. The van der Waals surface area contributed by atoms with Crippen LogP contribution in [0.1, 0.15) is 23.9 Å². The van der Waals surface area contributed by atoms with Crippen LogP contribution in [0, 0.1) is 13.8 Å². The van der Waals surface area contributed by atoms with Crippen LogP contribution in [-0.2, 0) is 17.8 Å². The zero-order valence-electron chi connectivity index (χ0n) is 9.07. The van der Waals surface area contributed by atoms with Crippen molar-refractivity contribution in [1.82, 2.24) is 9.55 Å². The average Bonchev–Trinajstić information content (AvgIpc) is 2.12. The number of rotatable bonds is 3. The molecule has 5 nitrogen and oxygen atoms in total. The number of aromatic nitrogens is 2. The van der Waals surface area contributed by atoms with Gasteiger partial charge in [-0.2, -0.15) is 4.98 Å². The van der Waals surface area contributed by atoms with Gasteiger partial charge in [-0.25, -0.2) is 4.79 Å². The van der Waals surface area contributed by atoms with Crippen LogP contribution < -0.4 is 5.69 Å². The summed E-state index contributed by atoms with van der Waals surface area (Å²) in [4.78, 5) is 25.9. The third-order valence-corrected chi connectivity index (χ3v) is 2.42. The predicted molar refractivity (Wildman–Crippen MR) is 55.0 cm³/mol. The zero-order valence-corrected chi connectivity index (χ0v) is 9.07. The minimum absolute atomic E-state index is 0.0923. The van der Waals surface area contributed by atoms with Crippen LogP contribution in [0.25, 0.3) is 0 Å². The molecule has 0 aliphatic rings. The van der Waals surface area contributed by atoms with Crippen LogP contribution in [-0.4, -0.2) is 20.6 Å².